The van der Waals surface area contributed by atoms with E-state index in [9.17, 15) is 5.21 Å². The van der Waals surface area contributed by atoms with Crippen LogP contribution in [0.5, 0.6) is 0 Å². The van der Waals surface area contributed by atoms with E-state index in [0.717, 1.165) is 25.9 Å². The molecule has 0 aromatic heterocycles. The first-order chi connectivity index (χ1) is 9.66. The molecule has 3 heteroatoms. The van der Waals surface area contributed by atoms with Gasteiger partial charge >= 0.3 is 0 Å². The average molecular weight is 285 g/mol. The van der Waals surface area contributed by atoms with E-state index in [1.807, 2.05) is 0 Å². The second-order valence-electron chi connectivity index (χ2n) is 6.27. The Hall–Kier alpha value is -0.120. The molecule has 122 valence electrons. The largest absolute Gasteiger partial charge is 0.785 e. The zero-order chi connectivity index (χ0) is 15.1. The fraction of sp³-hybridized carbons (Fsp3) is 1.00. The van der Waals surface area contributed by atoms with Crippen LogP contribution >= 0.6 is 0 Å². The molecule has 0 aliphatic rings. The maximum Gasteiger partial charge on any atom is -0.00130 e. The van der Waals surface area contributed by atoms with Crippen LogP contribution in [0.25, 0.3) is 0 Å². The summed E-state index contributed by atoms with van der Waals surface area (Å²) in [5.41, 5.74) is 0. The van der Waals surface area contributed by atoms with E-state index in [2.05, 4.69) is 25.9 Å². The molecule has 0 rings (SSSR count). The topological polar surface area (TPSA) is 29.5 Å². The van der Waals surface area contributed by atoms with Crippen molar-refractivity contribution in [1.29, 1.82) is 0 Å². The van der Waals surface area contributed by atoms with Gasteiger partial charge in [-0.05, 0) is 46.6 Å². The molecule has 0 fully saturated rings. The lowest BCUT2D eigenvalue weighted by atomic mass is 10.1. The van der Waals surface area contributed by atoms with Crippen LogP contribution in [-0.2, 0) is 0 Å². The second kappa shape index (κ2) is 15.3. The van der Waals surface area contributed by atoms with Crippen molar-refractivity contribution in [2.45, 2.75) is 77.6 Å². The molecule has 0 aliphatic carbocycles. The Kier molecular flexibility index (Phi) is 15.2. The molecule has 0 aromatic rings. The Morgan fingerprint density at radius 3 is 1.55 bits per heavy atom. The lowest BCUT2D eigenvalue weighted by molar-refractivity contribution is 0.321. The van der Waals surface area contributed by atoms with Crippen LogP contribution in [0.3, 0.4) is 0 Å². The number of hydrogen-bond acceptors (Lipinski definition) is 3. The number of hydroxylamine groups is 2. The fourth-order valence-electron chi connectivity index (χ4n) is 2.45. The van der Waals surface area contributed by atoms with Gasteiger partial charge in [-0.1, -0.05) is 64.7 Å². The molecule has 0 bridgehead atoms. The first kappa shape index (κ1) is 19.9. The van der Waals surface area contributed by atoms with Gasteiger partial charge in [-0.2, -0.15) is 0 Å². The fourth-order valence-corrected chi connectivity index (χ4v) is 2.45. The predicted octanol–water partition coefficient (Wildman–Crippen LogP) is 4.66. The molecule has 0 amide bonds. The molecular formula is C17H37N2O-. The zero-order valence-corrected chi connectivity index (χ0v) is 14.2. The van der Waals surface area contributed by atoms with E-state index in [1.54, 1.807) is 0 Å². The van der Waals surface area contributed by atoms with Gasteiger partial charge in [-0.15, -0.1) is 0 Å². The number of nitrogens with zero attached hydrogens (tertiary/aromatic N) is 2. The van der Waals surface area contributed by atoms with Crippen LogP contribution in [0.2, 0.25) is 0 Å². The number of unbranched alkanes of at least 4 members (excludes halogenated alkanes) is 9. The van der Waals surface area contributed by atoms with Crippen molar-refractivity contribution in [3.05, 3.63) is 5.21 Å². The monoisotopic (exact) mass is 285 g/mol. The molecule has 20 heavy (non-hydrogen) atoms. The minimum absolute atomic E-state index is 0.690. The SMILES string of the molecule is CCCCCCCCCCCCN([O-])CCCN(C)C. The number of hydrogen-bond donors (Lipinski definition) is 0. The lowest BCUT2D eigenvalue weighted by Gasteiger charge is -2.28. The van der Waals surface area contributed by atoms with Gasteiger partial charge in [0.25, 0.3) is 0 Å². The molecule has 0 saturated heterocycles. The van der Waals surface area contributed by atoms with Crippen LogP contribution < -0.4 is 0 Å². The van der Waals surface area contributed by atoms with E-state index in [0.29, 0.717) is 6.54 Å². The van der Waals surface area contributed by atoms with Crippen molar-refractivity contribution in [3.63, 3.8) is 0 Å². The third-order valence-corrected chi connectivity index (χ3v) is 3.77. The zero-order valence-electron chi connectivity index (χ0n) is 14.2. The van der Waals surface area contributed by atoms with Crippen LogP contribution in [-0.4, -0.2) is 43.7 Å². The van der Waals surface area contributed by atoms with Gasteiger partial charge in [0.1, 0.15) is 0 Å². The van der Waals surface area contributed by atoms with Crippen molar-refractivity contribution in [2.75, 3.05) is 33.7 Å². The average Bonchev–Trinajstić information content (AvgIpc) is 2.40. The standard InChI is InChI=1S/C17H37N2O/c1-4-5-6-7-8-9-10-11-12-13-16-19(20)17-14-15-18(2)3/h4-17H2,1-3H3/q-1. The molecule has 0 N–H and O–H groups in total. The quantitative estimate of drug-likeness (QED) is 0.324. The molecule has 0 spiro atoms. The summed E-state index contributed by atoms with van der Waals surface area (Å²) in [7, 11) is 4.11. The highest BCUT2D eigenvalue weighted by molar-refractivity contribution is 4.59. The molecule has 0 heterocycles. The van der Waals surface area contributed by atoms with Gasteiger partial charge in [0.05, 0.1) is 0 Å². The van der Waals surface area contributed by atoms with Crippen molar-refractivity contribution in [1.82, 2.24) is 9.96 Å². The van der Waals surface area contributed by atoms with Gasteiger partial charge in [-0.25, -0.2) is 0 Å². The Bertz CT molecular complexity index is 186. The van der Waals surface area contributed by atoms with E-state index in [-0.39, 0.29) is 0 Å². The highest BCUT2D eigenvalue weighted by Crippen LogP contribution is 2.10. The van der Waals surface area contributed by atoms with Crippen molar-refractivity contribution >= 4 is 0 Å². The molecule has 0 aromatic carbocycles. The van der Waals surface area contributed by atoms with E-state index in [1.165, 1.54) is 62.9 Å². The van der Waals surface area contributed by atoms with Crippen molar-refractivity contribution in [2.24, 2.45) is 0 Å². The molecule has 0 saturated carbocycles. The Labute approximate surface area is 127 Å². The predicted molar refractivity (Wildman–Crippen MR) is 90.0 cm³/mol. The van der Waals surface area contributed by atoms with Gasteiger partial charge in [-0.3, -0.25) is 0 Å². The number of rotatable bonds is 15. The molecule has 3 nitrogen and oxygen atoms in total. The van der Waals surface area contributed by atoms with E-state index < -0.39 is 0 Å². The Balaban J connectivity index is 3.11. The Morgan fingerprint density at radius 2 is 1.05 bits per heavy atom. The minimum Gasteiger partial charge on any atom is -0.785 e. The normalized spacial score (nSPS) is 11.7. The van der Waals surface area contributed by atoms with Gasteiger partial charge in [0, 0.05) is 0 Å². The minimum atomic E-state index is 0.690. The smallest absolute Gasteiger partial charge is 0.00130 e. The summed E-state index contributed by atoms with van der Waals surface area (Å²) in [6.07, 6.45) is 14.3. The van der Waals surface area contributed by atoms with Gasteiger partial charge in [0.2, 0.25) is 0 Å². The highest BCUT2D eigenvalue weighted by atomic mass is 16.5. The third kappa shape index (κ3) is 15.9. The van der Waals surface area contributed by atoms with Crippen LogP contribution in [0, 0.1) is 5.21 Å². The molecule has 0 radical (unpaired) electrons. The summed E-state index contributed by atoms with van der Waals surface area (Å²) in [6, 6.07) is 0. The van der Waals surface area contributed by atoms with Gasteiger partial charge < -0.3 is 15.2 Å². The second-order valence-corrected chi connectivity index (χ2v) is 6.27. The highest BCUT2D eigenvalue weighted by Gasteiger charge is 1.96. The van der Waals surface area contributed by atoms with E-state index >= 15 is 0 Å². The first-order valence-corrected chi connectivity index (χ1v) is 8.73. The molecule has 0 aliphatic heterocycles. The van der Waals surface area contributed by atoms with Crippen LogP contribution in [0.15, 0.2) is 0 Å². The van der Waals surface area contributed by atoms with E-state index in [4.69, 9.17) is 0 Å². The summed E-state index contributed by atoms with van der Waals surface area (Å²) < 4.78 is 0. The first-order valence-electron chi connectivity index (χ1n) is 8.73. The summed E-state index contributed by atoms with van der Waals surface area (Å²) in [6.45, 7) is 4.69. The molecule has 0 atom stereocenters. The van der Waals surface area contributed by atoms with Crippen LogP contribution in [0.1, 0.15) is 77.6 Å². The summed E-state index contributed by atoms with van der Waals surface area (Å²) in [4.78, 5) is 2.13. The summed E-state index contributed by atoms with van der Waals surface area (Å²) >= 11 is 0. The van der Waals surface area contributed by atoms with Crippen molar-refractivity contribution in [3.8, 4) is 0 Å². The maximum absolute atomic E-state index is 11.6. The van der Waals surface area contributed by atoms with Crippen LogP contribution in [0.4, 0.5) is 0 Å². The molecule has 0 unspecified atom stereocenters. The van der Waals surface area contributed by atoms with Gasteiger partial charge in [0.15, 0.2) is 0 Å². The summed E-state index contributed by atoms with van der Waals surface area (Å²) in [5, 5.41) is 12.8. The lowest BCUT2D eigenvalue weighted by Crippen LogP contribution is -2.23. The summed E-state index contributed by atoms with van der Waals surface area (Å²) in [5.74, 6) is 0. The molecular weight excluding hydrogens is 248 g/mol. The maximum atomic E-state index is 11.6. The third-order valence-electron chi connectivity index (χ3n) is 3.77. The van der Waals surface area contributed by atoms with Crippen molar-refractivity contribution < 1.29 is 0 Å². The Morgan fingerprint density at radius 1 is 0.600 bits per heavy atom.